The van der Waals surface area contributed by atoms with Crippen LogP contribution in [-0.2, 0) is 6.42 Å². The van der Waals surface area contributed by atoms with Crippen LogP contribution in [0.1, 0.15) is 11.4 Å². The van der Waals surface area contributed by atoms with Gasteiger partial charge in [0.2, 0.25) is 0 Å². The van der Waals surface area contributed by atoms with Crippen molar-refractivity contribution < 1.29 is 4.42 Å². The SMILES string of the molecule is c1cc(Cc2nn[nH]n2)co1. The summed E-state index contributed by atoms with van der Waals surface area (Å²) in [6.45, 7) is 0. The average molecular weight is 150 g/mol. The monoisotopic (exact) mass is 150 g/mol. The summed E-state index contributed by atoms with van der Waals surface area (Å²) >= 11 is 0. The van der Waals surface area contributed by atoms with Crippen molar-refractivity contribution >= 4 is 0 Å². The van der Waals surface area contributed by atoms with Gasteiger partial charge in [-0.2, -0.15) is 5.21 Å². The summed E-state index contributed by atoms with van der Waals surface area (Å²) in [5.41, 5.74) is 1.05. The van der Waals surface area contributed by atoms with Crippen LogP contribution in [0, 0.1) is 0 Å². The van der Waals surface area contributed by atoms with Crippen molar-refractivity contribution in [2.45, 2.75) is 6.42 Å². The van der Waals surface area contributed by atoms with Crippen molar-refractivity contribution in [2.24, 2.45) is 0 Å². The molecular formula is C6H6N4O. The van der Waals surface area contributed by atoms with E-state index in [0.29, 0.717) is 12.2 Å². The number of hydrogen-bond donors (Lipinski definition) is 1. The van der Waals surface area contributed by atoms with Crippen LogP contribution in [-0.4, -0.2) is 20.6 Å². The quantitative estimate of drug-likeness (QED) is 0.672. The fourth-order valence-electron chi connectivity index (χ4n) is 0.833. The Bertz CT molecular complexity index is 267. The number of nitrogens with zero attached hydrogens (tertiary/aromatic N) is 3. The Morgan fingerprint density at radius 2 is 2.55 bits per heavy atom. The molecule has 2 aromatic rings. The van der Waals surface area contributed by atoms with Gasteiger partial charge in [0.05, 0.1) is 12.5 Å². The maximum Gasteiger partial charge on any atom is 0.179 e. The highest BCUT2D eigenvalue weighted by molar-refractivity contribution is 5.10. The van der Waals surface area contributed by atoms with E-state index in [-0.39, 0.29) is 0 Å². The van der Waals surface area contributed by atoms with Crippen LogP contribution in [0.5, 0.6) is 0 Å². The first-order chi connectivity index (χ1) is 5.45. The first-order valence-corrected chi connectivity index (χ1v) is 3.18. The number of aromatic amines is 1. The van der Waals surface area contributed by atoms with Gasteiger partial charge in [-0.1, -0.05) is 5.21 Å². The molecule has 5 heteroatoms. The van der Waals surface area contributed by atoms with E-state index in [1.54, 1.807) is 12.5 Å². The zero-order chi connectivity index (χ0) is 7.52. The Morgan fingerprint density at radius 3 is 3.18 bits per heavy atom. The standard InChI is InChI=1S/C6H6N4O/c1-2-11-4-5(1)3-6-7-9-10-8-6/h1-2,4H,3H2,(H,7,8,9,10). The van der Waals surface area contributed by atoms with Gasteiger partial charge in [0, 0.05) is 6.42 Å². The van der Waals surface area contributed by atoms with Crippen LogP contribution in [0.3, 0.4) is 0 Å². The molecular weight excluding hydrogens is 144 g/mol. The molecule has 0 atom stereocenters. The van der Waals surface area contributed by atoms with Crippen molar-refractivity contribution in [3.05, 3.63) is 30.0 Å². The molecule has 0 aliphatic rings. The van der Waals surface area contributed by atoms with Crippen molar-refractivity contribution in [1.29, 1.82) is 0 Å². The van der Waals surface area contributed by atoms with Crippen molar-refractivity contribution in [2.75, 3.05) is 0 Å². The summed E-state index contributed by atoms with van der Waals surface area (Å²) in [5, 5.41) is 13.4. The third-order valence-electron chi connectivity index (χ3n) is 1.33. The van der Waals surface area contributed by atoms with E-state index in [0.717, 1.165) is 5.56 Å². The summed E-state index contributed by atoms with van der Waals surface area (Å²) in [7, 11) is 0. The van der Waals surface area contributed by atoms with E-state index in [4.69, 9.17) is 4.42 Å². The second-order valence-corrected chi connectivity index (χ2v) is 2.14. The van der Waals surface area contributed by atoms with Crippen LogP contribution in [0.25, 0.3) is 0 Å². The molecule has 0 aliphatic heterocycles. The summed E-state index contributed by atoms with van der Waals surface area (Å²) in [6.07, 6.45) is 3.94. The van der Waals surface area contributed by atoms with E-state index in [2.05, 4.69) is 20.6 Å². The largest absolute Gasteiger partial charge is 0.472 e. The highest BCUT2D eigenvalue weighted by atomic mass is 16.3. The van der Waals surface area contributed by atoms with Gasteiger partial charge in [-0.05, 0) is 11.6 Å². The summed E-state index contributed by atoms with van der Waals surface area (Å²) < 4.78 is 4.88. The second kappa shape index (κ2) is 2.53. The minimum absolute atomic E-state index is 0.660. The summed E-state index contributed by atoms with van der Waals surface area (Å²) in [5.74, 6) is 0.673. The Balaban J connectivity index is 2.14. The van der Waals surface area contributed by atoms with Crippen molar-refractivity contribution in [3.8, 4) is 0 Å². The molecule has 56 valence electrons. The maximum absolute atomic E-state index is 4.88. The lowest BCUT2D eigenvalue weighted by molar-refractivity contribution is 0.564. The predicted octanol–water partition coefficient (Wildman–Crippen LogP) is 0.383. The summed E-state index contributed by atoms with van der Waals surface area (Å²) in [6, 6.07) is 1.87. The number of rotatable bonds is 2. The molecule has 0 aromatic carbocycles. The van der Waals surface area contributed by atoms with E-state index in [1.165, 1.54) is 0 Å². The third-order valence-corrected chi connectivity index (χ3v) is 1.33. The van der Waals surface area contributed by atoms with Gasteiger partial charge < -0.3 is 4.42 Å². The number of aromatic nitrogens is 4. The highest BCUT2D eigenvalue weighted by Crippen LogP contribution is 2.03. The molecule has 0 saturated heterocycles. The normalized spacial score (nSPS) is 10.2. The predicted molar refractivity (Wildman–Crippen MR) is 35.7 cm³/mol. The van der Waals surface area contributed by atoms with Gasteiger partial charge in [-0.25, -0.2) is 0 Å². The number of furan rings is 1. The van der Waals surface area contributed by atoms with Crippen LogP contribution in [0.4, 0.5) is 0 Å². The molecule has 11 heavy (non-hydrogen) atoms. The maximum atomic E-state index is 4.88. The molecule has 0 spiro atoms. The molecule has 2 rings (SSSR count). The minimum atomic E-state index is 0.660. The van der Waals surface area contributed by atoms with E-state index >= 15 is 0 Å². The lowest BCUT2D eigenvalue weighted by Crippen LogP contribution is -1.88. The molecule has 0 fully saturated rings. The van der Waals surface area contributed by atoms with E-state index in [1.807, 2.05) is 6.07 Å². The van der Waals surface area contributed by atoms with E-state index < -0.39 is 0 Å². The van der Waals surface area contributed by atoms with Crippen LogP contribution in [0.2, 0.25) is 0 Å². The smallest absolute Gasteiger partial charge is 0.179 e. The molecule has 0 unspecified atom stereocenters. The number of H-pyrrole nitrogens is 1. The van der Waals surface area contributed by atoms with E-state index in [9.17, 15) is 0 Å². The molecule has 5 nitrogen and oxygen atoms in total. The summed E-state index contributed by atoms with van der Waals surface area (Å²) in [4.78, 5) is 0. The first-order valence-electron chi connectivity index (χ1n) is 3.18. The zero-order valence-electron chi connectivity index (χ0n) is 5.69. The molecule has 2 aromatic heterocycles. The fourth-order valence-corrected chi connectivity index (χ4v) is 0.833. The van der Waals surface area contributed by atoms with Crippen LogP contribution in [0.15, 0.2) is 23.0 Å². The van der Waals surface area contributed by atoms with Gasteiger partial charge in [-0.3, -0.25) is 0 Å². The van der Waals surface area contributed by atoms with Gasteiger partial charge in [0.25, 0.3) is 0 Å². The third kappa shape index (κ3) is 1.26. The van der Waals surface area contributed by atoms with Gasteiger partial charge >= 0.3 is 0 Å². The van der Waals surface area contributed by atoms with Crippen LogP contribution < -0.4 is 0 Å². The molecule has 2 heterocycles. The molecule has 0 saturated carbocycles. The van der Waals surface area contributed by atoms with Gasteiger partial charge in [0.15, 0.2) is 5.82 Å². The topological polar surface area (TPSA) is 67.6 Å². The fraction of sp³-hybridized carbons (Fsp3) is 0.167. The molecule has 1 N–H and O–H groups in total. The number of tetrazole rings is 1. The Morgan fingerprint density at radius 1 is 1.55 bits per heavy atom. The van der Waals surface area contributed by atoms with Gasteiger partial charge in [0.1, 0.15) is 0 Å². The Labute approximate surface area is 62.4 Å². The number of nitrogens with one attached hydrogen (secondary N) is 1. The Hall–Kier alpha value is -1.65. The Kier molecular flexibility index (Phi) is 1.40. The molecule has 0 amide bonds. The average Bonchev–Trinajstić information content (AvgIpc) is 2.60. The van der Waals surface area contributed by atoms with Crippen molar-refractivity contribution in [1.82, 2.24) is 20.6 Å². The molecule has 0 radical (unpaired) electrons. The highest BCUT2D eigenvalue weighted by Gasteiger charge is 2.00. The lowest BCUT2D eigenvalue weighted by atomic mass is 10.2. The number of hydrogen-bond acceptors (Lipinski definition) is 4. The second-order valence-electron chi connectivity index (χ2n) is 2.14. The molecule has 0 bridgehead atoms. The lowest BCUT2D eigenvalue weighted by Gasteiger charge is -1.85. The van der Waals surface area contributed by atoms with Gasteiger partial charge in [-0.15, -0.1) is 10.2 Å². The van der Waals surface area contributed by atoms with Crippen molar-refractivity contribution in [3.63, 3.8) is 0 Å². The zero-order valence-corrected chi connectivity index (χ0v) is 5.69. The minimum Gasteiger partial charge on any atom is -0.472 e. The van der Waals surface area contributed by atoms with Crippen LogP contribution >= 0.6 is 0 Å². The first kappa shape index (κ1) is 6.09. The molecule has 0 aliphatic carbocycles.